The number of amides is 1. The van der Waals surface area contributed by atoms with E-state index in [0.717, 1.165) is 41.6 Å². The van der Waals surface area contributed by atoms with Gasteiger partial charge < -0.3 is 9.88 Å². The summed E-state index contributed by atoms with van der Waals surface area (Å²) < 4.78 is 2.08. The van der Waals surface area contributed by atoms with Gasteiger partial charge >= 0.3 is 0 Å². The Morgan fingerprint density at radius 3 is 2.62 bits per heavy atom. The van der Waals surface area contributed by atoms with Crippen LogP contribution in [0.1, 0.15) is 50.5 Å². The Labute approximate surface area is 180 Å². The Bertz CT molecular complexity index is 944. The molecule has 0 bridgehead atoms. The summed E-state index contributed by atoms with van der Waals surface area (Å²) in [4.78, 5) is 13.7. The van der Waals surface area contributed by atoms with E-state index < -0.39 is 0 Å². The monoisotopic (exact) mass is 428 g/mol. The lowest BCUT2D eigenvalue weighted by molar-refractivity contribution is -0.113. The van der Waals surface area contributed by atoms with E-state index in [2.05, 4.69) is 71.4 Å². The minimum atomic E-state index is -0.0414. The molecule has 154 valence electrons. The van der Waals surface area contributed by atoms with E-state index in [9.17, 15) is 4.79 Å². The lowest BCUT2D eigenvalue weighted by Crippen LogP contribution is -2.14. The Morgan fingerprint density at radius 1 is 1.21 bits per heavy atom. The Kier molecular flexibility index (Phi) is 7.50. The number of anilines is 1. The molecule has 1 aromatic carbocycles. The van der Waals surface area contributed by atoms with Crippen LogP contribution < -0.4 is 5.32 Å². The van der Waals surface area contributed by atoms with Crippen LogP contribution in [0.2, 0.25) is 0 Å². The largest absolute Gasteiger partial charge is 0.325 e. The van der Waals surface area contributed by atoms with Gasteiger partial charge in [0, 0.05) is 28.1 Å². The molecule has 0 atom stereocenters. The van der Waals surface area contributed by atoms with Crippen molar-refractivity contribution in [3.63, 3.8) is 0 Å². The topological polar surface area (TPSA) is 59.8 Å². The van der Waals surface area contributed by atoms with E-state index in [1.165, 1.54) is 22.2 Å². The summed E-state index contributed by atoms with van der Waals surface area (Å²) in [7, 11) is 0. The van der Waals surface area contributed by atoms with Gasteiger partial charge in [0.05, 0.1) is 5.75 Å². The molecule has 3 aromatic rings. The second-order valence-electron chi connectivity index (χ2n) is 7.22. The standard InChI is InChI=1S/C22H28N4OS2/c1-5-7-19-12-17(13-28-19)21-24-25-22(26(21)6-2)29-14-20(27)23-18-10-8-16(9-11-18)15(3)4/h8-13,15H,5-7,14H2,1-4H3,(H,23,27). The molecule has 0 saturated carbocycles. The molecule has 0 aliphatic carbocycles. The van der Waals surface area contributed by atoms with Crippen LogP contribution in [0.3, 0.4) is 0 Å². The van der Waals surface area contributed by atoms with Crippen molar-refractivity contribution in [2.24, 2.45) is 0 Å². The molecule has 7 heteroatoms. The van der Waals surface area contributed by atoms with Gasteiger partial charge in [0.2, 0.25) is 5.91 Å². The highest BCUT2D eigenvalue weighted by molar-refractivity contribution is 7.99. The summed E-state index contributed by atoms with van der Waals surface area (Å²) >= 11 is 3.19. The van der Waals surface area contributed by atoms with Gasteiger partial charge in [0.15, 0.2) is 11.0 Å². The smallest absolute Gasteiger partial charge is 0.234 e. The molecule has 5 nitrogen and oxygen atoms in total. The third kappa shape index (κ3) is 5.48. The molecule has 1 N–H and O–H groups in total. The minimum absolute atomic E-state index is 0.0414. The molecule has 29 heavy (non-hydrogen) atoms. The average Bonchev–Trinajstić information content (AvgIpc) is 3.33. The van der Waals surface area contributed by atoms with Gasteiger partial charge in [-0.3, -0.25) is 4.79 Å². The zero-order valence-electron chi connectivity index (χ0n) is 17.4. The van der Waals surface area contributed by atoms with E-state index >= 15 is 0 Å². The summed E-state index contributed by atoms with van der Waals surface area (Å²) in [6.07, 6.45) is 2.22. The van der Waals surface area contributed by atoms with Crippen molar-refractivity contribution in [1.29, 1.82) is 0 Å². The van der Waals surface area contributed by atoms with Gasteiger partial charge in [0.1, 0.15) is 0 Å². The van der Waals surface area contributed by atoms with Crippen molar-refractivity contribution < 1.29 is 4.79 Å². The number of benzene rings is 1. The maximum Gasteiger partial charge on any atom is 0.234 e. The van der Waals surface area contributed by atoms with E-state index in [1.807, 2.05) is 12.1 Å². The van der Waals surface area contributed by atoms with Crippen LogP contribution in [0.25, 0.3) is 11.4 Å². The molecular weight excluding hydrogens is 400 g/mol. The van der Waals surface area contributed by atoms with Gasteiger partial charge in [0.25, 0.3) is 0 Å². The van der Waals surface area contributed by atoms with Gasteiger partial charge in [-0.15, -0.1) is 21.5 Å². The number of aromatic nitrogens is 3. The van der Waals surface area contributed by atoms with E-state index in [4.69, 9.17) is 0 Å². The fourth-order valence-electron chi connectivity index (χ4n) is 3.05. The lowest BCUT2D eigenvalue weighted by atomic mass is 10.0. The van der Waals surface area contributed by atoms with Crippen LogP contribution in [0.5, 0.6) is 0 Å². The van der Waals surface area contributed by atoms with Crippen LogP contribution >= 0.6 is 23.1 Å². The Morgan fingerprint density at radius 2 is 1.97 bits per heavy atom. The fourth-order valence-corrected chi connectivity index (χ4v) is 4.82. The number of thiophene rings is 1. The first-order valence-electron chi connectivity index (χ1n) is 10.0. The lowest BCUT2D eigenvalue weighted by Gasteiger charge is -2.09. The van der Waals surface area contributed by atoms with Crippen LogP contribution in [0.4, 0.5) is 5.69 Å². The number of carbonyl (C=O) groups is 1. The normalized spacial score (nSPS) is 11.2. The number of carbonyl (C=O) groups excluding carboxylic acids is 1. The maximum absolute atomic E-state index is 12.4. The van der Waals surface area contributed by atoms with Crippen LogP contribution in [-0.2, 0) is 17.8 Å². The molecule has 3 rings (SSSR count). The number of nitrogens with zero attached hydrogens (tertiary/aromatic N) is 3. The third-order valence-corrected chi connectivity index (χ3v) is 6.60. The molecule has 0 aliphatic heterocycles. The highest BCUT2D eigenvalue weighted by Gasteiger charge is 2.16. The SMILES string of the molecule is CCCc1cc(-c2nnc(SCC(=O)Nc3ccc(C(C)C)cc3)n2CC)cs1. The number of aryl methyl sites for hydroxylation is 1. The van der Waals surface area contributed by atoms with Crippen molar-refractivity contribution in [1.82, 2.24) is 14.8 Å². The summed E-state index contributed by atoms with van der Waals surface area (Å²) in [5.74, 6) is 1.61. The van der Waals surface area contributed by atoms with E-state index in [1.54, 1.807) is 11.3 Å². The first-order chi connectivity index (χ1) is 14.0. The third-order valence-electron chi connectivity index (χ3n) is 4.63. The van der Waals surface area contributed by atoms with Gasteiger partial charge in [-0.25, -0.2) is 0 Å². The van der Waals surface area contributed by atoms with Gasteiger partial charge in [-0.2, -0.15) is 0 Å². The molecule has 0 unspecified atom stereocenters. The Hall–Kier alpha value is -2.12. The highest BCUT2D eigenvalue weighted by Crippen LogP contribution is 2.28. The highest BCUT2D eigenvalue weighted by atomic mass is 32.2. The molecule has 1 amide bonds. The van der Waals surface area contributed by atoms with Crippen molar-refractivity contribution in [3.05, 3.63) is 46.2 Å². The van der Waals surface area contributed by atoms with Crippen molar-refractivity contribution in [2.45, 2.75) is 58.2 Å². The minimum Gasteiger partial charge on any atom is -0.325 e. The van der Waals surface area contributed by atoms with Crippen molar-refractivity contribution in [3.8, 4) is 11.4 Å². The number of rotatable bonds is 9. The van der Waals surface area contributed by atoms with Crippen LogP contribution in [-0.4, -0.2) is 26.4 Å². The molecule has 0 spiro atoms. The van der Waals surface area contributed by atoms with Crippen molar-refractivity contribution in [2.75, 3.05) is 11.1 Å². The second kappa shape index (κ2) is 10.1. The maximum atomic E-state index is 12.4. The molecule has 2 aromatic heterocycles. The van der Waals surface area contributed by atoms with Crippen LogP contribution in [0, 0.1) is 0 Å². The number of nitrogens with one attached hydrogen (secondary N) is 1. The van der Waals surface area contributed by atoms with E-state index in [0.29, 0.717) is 11.7 Å². The van der Waals surface area contributed by atoms with Crippen molar-refractivity contribution >= 4 is 34.7 Å². The zero-order valence-corrected chi connectivity index (χ0v) is 19.1. The average molecular weight is 429 g/mol. The molecule has 2 heterocycles. The first kappa shape index (κ1) is 21.6. The summed E-state index contributed by atoms with van der Waals surface area (Å²) in [5, 5.41) is 14.6. The van der Waals surface area contributed by atoms with E-state index in [-0.39, 0.29) is 5.91 Å². The fraction of sp³-hybridized carbons (Fsp3) is 0.409. The predicted octanol–water partition coefficient (Wildman–Crippen LogP) is 5.83. The zero-order chi connectivity index (χ0) is 20.8. The van der Waals surface area contributed by atoms with Crippen LogP contribution in [0.15, 0.2) is 40.9 Å². The second-order valence-corrected chi connectivity index (χ2v) is 9.15. The molecule has 0 fully saturated rings. The summed E-state index contributed by atoms with van der Waals surface area (Å²) in [5.41, 5.74) is 3.19. The molecule has 0 saturated heterocycles. The number of thioether (sulfide) groups is 1. The molecular formula is C22H28N4OS2. The first-order valence-corrected chi connectivity index (χ1v) is 11.9. The number of hydrogen-bond donors (Lipinski definition) is 1. The molecule has 0 radical (unpaired) electrons. The molecule has 0 aliphatic rings. The quantitative estimate of drug-likeness (QED) is 0.435. The number of hydrogen-bond acceptors (Lipinski definition) is 5. The summed E-state index contributed by atoms with van der Waals surface area (Å²) in [6, 6.07) is 10.2. The van der Waals surface area contributed by atoms with Gasteiger partial charge in [-0.1, -0.05) is 51.1 Å². The Balaban J connectivity index is 1.62. The van der Waals surface area contributed by atoms with Gasteiger partial charge in [-0.05, 0) is 43.0 Å². The predicted molar refractivity (Wildman–Crippen MR) is 123 cm³/mol. The summed E-state index contributed by atoms with van der Waals surface area (Å²) in [6.45, 7) is 9.34.